The molecular formula is C14H26N2O4. The van der Waals surface area contributed by atoms with Crippen molar-refractivity contribution in [2.45, 2.75) is 45.6 Å². The molecule has 0 bridgehead atoms. The van der Waals surface area contributed by atoms with Crippen molar-refractivity contribution < 1.29 is 19.4 Å². The fraction of sp³-hybridized carbons (Fsp3) is 0.857. The number of nitrogens with zero attached hydrogens (tertiary/aromatic N) is 1. The van der Waals surface area contributed by atoms with Crippen molar-refractivity contribution in [3.05, 3.63) is 0 Å². The number of carbonyl (C=O) groups excluding carboxylic acids is 1. The third-order valence-corrected chi connectivity index (χ3v) is 3.41. The van der Waals surface area contributed by atoms with Crippen LogP contribution >= 0.6 is 0 Å². The van der Waals surface area contributed by atoms with Gasteiger partial charge < -0.3 is 20.1 Å². The summed E-state index contributed by atoms with van der Waals surface area (Å²) < 4.78 is 5.24. The molecule has 0 atom stereocenters. The summed E-state index contributed by atoms with van der Waals surface area (Å²) in [5.41, 5.74) is 0. The van der Waals surface area contributed by atoms with E-state index in [1.54, 1.807) is 4.90 Å². The molecule has 1 heterocycles. The molecular weight excluding hydrogens is 260 g/mol. The number of ether oxygens (including phenoxy) is 1. The number of rotatable bonds is 7. The molecule has 0 aromatic rings. The predicted octanol–water partition coefficient (Wildman–Crippen LogP) is 1.70. The number of amides is 2. The molecule has 116 valence electrons. The van der Waals surface area contributed by atoms with Gasteiger partial charge in [-0.05, 0) is 31.6 Å². The van der Waals surface area contributed by atoms with Gasteiger partial charge in [-0.2, -0.15) is 0 Å². The maximum Gasteiger partial charge on any atom is 0.329 e. The lowest BCUT2D eigenvalue weighted by Crippen LogP contribution is -2.46. The van der Waals surface area contributed by atoms with E-state index in [2.05, 4.69) is 19.2 Å². The first-order valence-corrected chi connectivity index (χ1v) is 7.35. The molecule has 1 rings (SSSR count). The molecule has 1 aliphatic rings. The highest BCUT2D eigenvalue weighted by Crippen LogP contribution is 2.13. The molecule has 2 N–H and O–H groups in total. The number of nitrogens with one attached hydrogen (secondary N) is 1. The van der Waals surface area contributed by atoms with Crippen molar-refractivity contribution in [1.82, 2.24) is 10.2 Å². The zero-order valence-electron chi connectivity index (χ0n) is 12.4. The maximum atomic E-state index is 11.9. The summed E-state index contributed by atoms with van der Waals surface area (Å²) >= 11 is 0. The molecule has 1 saturated heterocycles. The van der Waals surface area contributed by atoms with Gasteiger partial charge in [0.25, 0.3) is 0 Å². The quantitative estimate of drug-likeness (QED) is 0.698. The summed E-state index contributed by atoms with van der Waals surface area (Å²) in [4.78, 5) is 24.1. The van der Waals surface area contributed by atoms with E-state index in [4.69, 9.17) is 9.84 Å². The number of hydrogen-bond donors (Lipinski definition) is 2. The van der Waals surface area contributed by atoms with E-state index in [-0.39, 0.29) is 18.7 Å². The number of carbonyl (C=O) groups is 2. The SMILES string of the molecule is CC(C)CCCNC(=O)N1CCC(OCC(=O)O)CC1. The number of aliphatic carboxylic acids is 1. The first-order valence-electron chi connectivity index (χ1n) is 7.35. The molecule has 0 spiro atoms. The summed E-state index contributed by atoms with van der Waals surface area (Å²) in [6.45, 7) is 6.05. The molecule has 20 heavy (non-hydrogen) atoms. The molecule has 2 amide bonds. The minimum Gasteiger partial charge on any atom is -0.480 e. The van der Waals surface area contributed by atoms with Gasteiger partial charge in [0.15, 0.2) is 0 Å². The Morgan fingerprint density at radius 2 is 2.00 bits per heavy atom. The minimum absolute atomic E-state index is 0.0227. The summed E-state index contributed by atoms with van der Waals surface area (Å²) in [6, 6.07) is -0.0227. The van der Waals surface area contributed by atoms with Gasteiger partial charge in [0.05, 0.1) is 6.10 Å². The van der Waals surface area contributed by atoms with E-state index < -0.39 is 5.97 Å². The van der Waals surface area contributed by atoms with Crippen LogP contribution in [-0.2, 0) is 9.53 Å². The molecule has 6 nitrogen and oxygen atoms in total. The van der Waals surface area contributed by atoms with Crippen LogP contribution in [0.2, 0.25) is 0 Å². The number of likely N-dealkylation sites (tertiary alicyclic amines) is 1. The molecule has 0 saturated carbocycles. The average Bonchev–Trinajstić information content (AvgIpc) is 2.41. The van der Waals surface area contributed by atoms with E-state index >= 15 is 0 Å². The minimum atomic E-state index is -0.949. The Hall–Kier alpha value is -1.30. The zero-order valence-corrected chi connectivity index (χ0v) is 12.4. The van der Waals surface area contributed by atoms with Gasteiger partial charge in [0.2, 0.25) is 0 Å². The first-order chi connectivity index (χ1) is 9.49. The van der Waals surface area contributed by atoms with Crippen molar-refractivity contribution in [3.63, 3.8) is 0 Å². The van der Waals surface area contributed by atoms with E-state index in [1.165, 1.54) is 0 Å². The molecule has 1 fully saturated rings. The van der Waals surface area contributed by atoms with Crippen molar-refractivity contribution in [2.24, 2.45) is 5.92 Å². The third-order valence-electron chi connectivity index (χ3n) is 3.41. The van der Waals surface area contributed by atoms with E-state index in [0.29, 0.717) is 38.4 Å². The normalized spacial score (nSPS) is 16.4. The van der Waals surface area contributed by atoms with Crippen LogP contribution in [-0.4, -0.2) is 54.4 Å². The van der Waals surface area contributed by atoms with E-state index in [9.17, 15) is 9.59 Å². The first kappa shape index (κ1) is 16.8. The smallest absolute Gasteiger partial charge is 0.329 e. The van der Waals surface area contributed by atoms with Gasteiger partial charge in [0, 0.05) is 19.6 Å². The topological polar surface area (TPSA) is 78.9 Å². The molecule has 0 aromatic carbocycles. The Bertz CT molecular complexity index is 312. The Balaban J connectivity index is 2.14. The molecule has 0 aromatic heterocycles. The summed E-state index contributed by atoms with van der Waals surface area (Å²) in [7, 11) is 0. The van der Waals surface area contributed by atoms with E-state index in [1.807, 2.05) is 0 Å². The van der Waals surface area contributed by atoms with Crippen LogP contribution in [0, 0.1) is 5.92 Å². The molecule has 1 aliphatic heterocycles. The number of urea groups is 1. The zero-order chi connectivity index (χ0) is 15.0. The fourth-order valence-electron chi connectivity index (χ4n) is 2.23. The van der Waals surface area contributed by atoms with Gasteiger partial charge in [-0.25, -0.2) is 9.59 Å². The van der Waals surface area contributed by atoms with Gasteiger partial charge in [-0.3, -0.25) is 0 Å². The maximum absolute atomic E-state index is 11.9. The van der Waals surface area contributed by atoms with Crippen LogP contribution in [0.1, 0.15) is 39.5 Å². The molecule has 0 radical (unpaired) electrons. The summed E-state index contributed by atoms with van der Waals surface area (Å²) in [5.74, 6) is -0.288. The predicted molar refractivity (Wildman–Crippen MR) is 75.7 cm³/mol. The third kappa shape index (κ3) is 6.75. The Labute approximate surface area is 120 Å². The second-order valence-corrected chi connectivity index (χ2v) is 5.66. The van der Waals surface area contributed by atoms with Gasteiger partial charge in [-0.1, -0.05) is 13.8 Å². The molecule has 0 aliphatic carbocycles. The number of piperidine rings is 1. The highest BCUT2D eigenvalue weighted by molar-refractivity contribution is 5.74. The van der Waals surface area contributed by atoms with Crippen molar-refractivity contribution in [1.29, 1.82) is 0 Å². The van der Waals surface area contributed by atoms with Crippen molar-refractivity contribution in [2.75, 3.05) is 26.2 Å². The van der Waals surface area contributed by atoms with E-state index in [0.717, 1.165) is 12.8 Å². The second-order valence-electron chi connectivity index (χ2n) is 5.66. The van der Waals surface area contributed by atoms with Crippen LogP contribution in [0.3, 0.4) is 0 Å². The van der Waals surface area contributed by atoms with Gasteiger partial charge in [-0.15, -0.1) is 0 Å². The lowest BCUT2D eigenvalue weighted by Gasteiger charge is -2.31. The van der Waals surface area contributed by atoms with Crippen LogP contribution < -0.4 is 5.32 Å². The highest BCUT2D eigenvalue weighted by atomic mass is 16.5. The van der Waals surface area contributed by atoms with Crippen LogP contribution in [0.4, 0.5) is 4.79 Å². The number of carboxylic acid groups (broad SMARTS) is 1. The fourth-order valence-corrected chi connectivity index (χ4v) is 2.23. The molecule has 6 heteroatoms. The Morgan fingerprint density at radius 1 is 1.35 bits per heavy atom. The highest BCUT2D eigenvalue weighted by Gasteiger charge is 2.23. The van der Waals surface area contributed by atoms with Crippen molar-refractivity contribution >= 4 is 12.0 Å². The van der Waals surface area contributed by atoms with Crippen molar-refractivity contribution in [3.8, 4) is 0 Å². The van der Waals surface area contributed by atoms with Crippen LogP contribution in [0.15, 0.2) is 0 Å². The second kappa shape index (κ2) is 8.79. The van der Waals surface area contributed by atoms with Crippen LogP contribution in [0.25, 0.3) is 0 Å². The van der Waals surface area contributed by atoms with Gasteiger partial charge >= 0.3 is 12.0 Å². The van der Waals surface area contributed by atoms with Gasteiger partial charge in [0.1, 0.15) is 6.61 Å². The lowest BCUT2D eigenvalue weighted by atomic mass is 10.1. The standard InChI is InChI=1S/C14H26N2O4/c1-11(2)4-3-7-15-14(19)16-8-5-12(6-9-16)20-10-13(17)18/h11-12H,3-10H2,1-2H3,(H,15,19)(H,17,18). The number of hydrogen-bond acceptors (Lipinski definition) is 3. The average molecular weight is 286 g/mol. The molecule has 0 unspecified atom stereocenters. The lowest BCUT2D eigenvalue weighted by molar-refractivity contribution is -0.145. The largest absolute Gasteiger partial charge is 0.480 e. The number of carboxylic acids is 1. The Morgan fingerprint density at radius 3 is 2.55 bits per heavy atom. The Kier molecular flexibility index (Phi) is 7.36. The van der Waals surface area contributed by atoms with Crippen LogP contribution in [0.5, 0.6) is 0 Å². The summed E-state index contributed by atoms with van der Waals surface area (Å²) in [6.07, 6.45) is 3.47. The monoisotopic (exact) mass is 286 g/mol. The summed E-state index contributed by atoms with van der Waals surface area (Å²) in [5, 5.41) is 11.5.